The number of likely N-dealkylation sites (N-methyl/N-ethyl adjacent to an activating group) is 1. The van der Waals surface area contributed by atoms with Crippen molar-refractivity contribution in [3.8, 4) is 0 Å². The number of hydrogen-bond acceptors (Lipinski definition) is 1. The topological polar surface area (TPSA) is 12.0 Å². The molecular weight excluding hydrogens is 206 g/mol. The summed E-state index contributed by atoms with van der Waals surface area (Å²) in [4.78, 5) is 0. The average molecular weight is 233 g/mol. The Hall–Kier alpha value is -0.300. The molecule has 0 aliphatic heterocycles. The zero-order chi connectivity index (χ0) is 11.7. The van der Waals surface area contributed by atoms with Crippen molar-refractivity contribution in [2.24, 2.45) is 17.8 Å². The van der Waals surface area contributed by atoms with Crippen molar-refractivity contribution in [3.63, 3.8) is 0 Å². The van der Waals surface area contributed by atoms with E-state index in [1.807, 2.05) is 0 Å². The van der Waals surface area contributed by atoms with Crippen LogP contribution in [0.2, 0.25) is 0 Å². The van der Waals surface area contributed by atoms with E-state index in [4.69, 9.17) is 0 Å². The van der Waals surface area contributed by atoms with E-state index in [0.717, 1.165) is 17.8 Å². The van der Waals surface area contributed by atoms with E-state index in [1.165, 1.54) is 51.4 Å². The van der Waals surface area contributed by atoms with Gasteiger partial charge in [0.25, 0.3) is 0 Å². The second-order valence-corrected chi connectivity index (χ2v) is 6.54. The van der Waals surface area contributed by atoms with Gasteiger partial charge >= 0.3 is 0 Å². The smallest absolute Gasteiger partial charge is 0.0279 e. The predicted molar refractivity (Wildman–Crippen MR) is 73.0 cm³/mol. The highest BCUT2D eigenvalue weighted by molar-refractivity contribution is 5.14. The molecule has 0 spiro atoms. The molecule has 0 aromatic rings. The van der Waals surface area contributed by atoms with Gasteiger partial charge in [-0.2, -0.15) is 0 Å². The Morgan fingerprint density at radius 1 is 1.29 bits per heavy atom. The third kappa shape index (κ3) is 2.45. The highest BCUT2D eigenvalue weighted by Gasteiger charge is 2.40. The van der Waals surface area contributed by atoms with Crippen molar-refractivity contribution in [3.05, 3.63) is 11.6 Å². The Labute approximate surface area is 106 Å². The molecule has 1 heteroatoms. The van der Waals surface area contributed by atoms with Crippen molar-refractivity contribution in [2.75, 3.05) is 7.05 Å². The fraction of sp³-hybridized carbons (Fsp3) is 0.875. The van der Waals surface area contributed by atoms with Gasteiger partial charge in [-0.25, -0.2) is 0 Å². The lowest BCUT2D eigenvalue weighted by Gasteiger charge is -2.29. The molecule has 96 valence electrons. The Bertz CT molecular complexity index is 294. The van der Waals surface area contributed by atoms with Crippen molar-refractivity contribution in [1.82, 2.24) is 5.32 Å². The Balaban J connectivity index is 1.60. The van der Waals surface area contributed by atoms with Crippen molar-refractivity contribution in [2.45, 2.75) is 63.8 Å². The molecule has 1 nitrogen and oxygen atoms in total. The standard InChI is InChI=1S/C16H27N/c1-17-16(13-5-3-2-4-6-13)11-15-10-12-7-8-14(15)9-12/h5,12,14-17H,2-4,6-11H2,1H3. The van der Waals surface area contributed by atoms with Crippen LogP contribution in [-0.2, 0) is 0 Å². The third-order valence-electron chi connectivity index (χ3n) is 5.55. The van der Waals surface area contributed by atoms with Gasteiger partial charge in [0.05, 0.1) is 0 Å². The molecule has 17 heavy (non-hydrogen) atoms. The summed E-state index contributed by atoms with van der Waals surface area (Å²) in [6, 6.07) is 0.694. The summed E-state index contributed by atoms with van der Waals surface area (Å²) in [5, 5.41) is 3.59. The summed E-state index contributed by atoms with van der Waals surface area (Å²) in [6.45, 7) is 0. The Kier molecular flexibility index (Phi) is 3.56. The van der Waals surface area contributed by atoms with Crippen LogP contribution in [0.3, 0.4) is 0 Å². The second kappa shape index (κ2) is 5.14. The monoisotopic (exact) mass is 233 g/mol. The number of hydrogen-bond donors (Lipinski definition) is 1. The van der Waals surface area contributed by atoms with Crippen LogP contribution in [0.25, 0.3) is 0 Å². The fourth-order valence-corrected chi connectivity index (χ4v) is 4.60. The predicted octanol–water partition coefficient (Wildman–Crippen LogP) is 3.90. The van der Waals surface area contributed by atoms with Gasteiger partial charge in [0.1, 0.15) is 0 Å². The van der Waals surface area contributed by atoms with Gasteiger partial charge in [-0.3, -0.25) is 0 Å². The van der Waals surface area contributed by atoms with Gasteiger partial charge in [0.2, 0.25) is 0 Å². The van der Waals surface area contributed by atoms with Gasteiger partial charge in [0.15, 0.2) is 0 Å². The molecule has 0 radical (unpaired) electrons. The molecule has 3 aliphatic carbocycles. The van der Waals surface area contributed by atoms with Gasteiger partial charge in [-0.05, 0) is 76.2 Å². The highest BCUT2D eigenvalue weighted by atomic mass is 14.9. The molecule has 0 aromatic carbocycles. The van der Waals surface area contributed by atoms with Gasteiger partial charge in [-0.15, -0.1) is 0 Å². The maximum Gasteiger partial charge on any atom is 0.0279 e. The zero-order valence-electron chi connectivity index (χ0n) is 11.3. The van der Waals surface area contributed by atoms with Crippen LogP contribution in [0.1, 0.15) is 57.8 Å². The van der Waals surface area contributed by atoms with E-state index < -0.39 is 0 Å². The lowest BCUT2D eigenvalue weighted by atomic mass is 9.81. The normalized spacial score (nSPS) is 38.2. The molecule has 4 unspecified atom stereocenters. The molecule has 0 amide bonds. The fourth-order valence-electron chi connectivity index (χ4n) is 4.60. The van der Waals surface area contributed by atoms with E-state index >= 15 is 0 Å². The maximum absolute atomic E-state index is 3.59. The second-order valence-electron chi connectivity index (χ2n) is 6.54. The summed E-state index contributed by atoms with van der Waals surface area (Å²) < 4.78 is 0. The quantitative estimate of drug-likeness (QED) is 0.726. The van der Waals surface area contributed by atoms with Crippen LogP contribution in [0.15, 0.2) is 11.6 Å². The maximum atomic E-state index is 3.59. The molecule has 4 atom stereocenters. The van der Waals surface area contributed by atoms with Crippen LogP contribution in [0.4, 0.5) is 0 Å². The lowest BCUT2D eigenvalue weighted by Crippen LogP contribution is -2.32. The molecule has 2 saturated carbocycles. The van der Waals surface area contributed by atoms with Crippen molar-refractivity contribution < 1.29 is 0 Å². The summed E-state index contributed by atoms with van der Waals surface area (Å²) >= 11 is 0. The SMILES string of the molecule is CNC(CC1CC2CCC1C2)C1=CCCCC1. The number of rotatable bonds is 4. The average Bonchev–Trinajstić information content (AvgIpc) is 2.99. The van der Waals surface area contributed by atoms with Crippen LogP contribution in [-0.4, -0.2) is 13.1 Å². The lowest BCUT2D eigenvalue weighted by molar-refractivity contribution is 0.291. The molecule has 2 bridgehead atoms. The Morgan fingerprint density at radius 2 is 2.24 bits per heavy atom. The van der Waals surface area contributed by atoms with Crippen molar-refractivity contribution >= 4 is 0 Å². The van der Waals surface area contributed by atoms with Crippen LogP contribution >= 0.6 is 0 Å². The summed E-state index contributed by atoms with van der Waals surface area (Å²) in [7, 11) is 2.16. The van der Waals surface area contributed by atoms with Gasteiger partial charge < -0.3 is 5.32 Å². The highest BCUT2D eigenvalue weighted by Crippen LogP contribution is 2.50. The summed E-state index contributed by atoms with van der Waals surface area (Å²) in [5.41, 5.74) is 1.72. The third-order valence-corrected chi connectivity index (χ3v) is 5.55. The minimum absolute atomic E-state index is 0.694. The molecular formula is C16H27N. The van der Waals surface area contributed by atoms with E-state index in [1.54, 1.807) is 12.0 Å². The molecule has 3 rings (SSSR count). The number of fused-ring (bicyclic) bond motifs is 2. The van der Waals surface area contributed by atoms with E-state index in [2.05, 4.69) is 18.4 Å². The van der Waals surface area contributed by atoms with Crippen LogP contribution < -0.4 is 5.32 Å². The molecule has 0 heterocycles. The minimum Gasteiger partial charge on any atom is -0.313 e. The first kappa shape index (κ1) is 11.8. The largest absolute Gasteiger partial charge is 0.313 e. The number of allylic oxidation sites excluding steroid dienone is 1. The van der Waals surface area contributed by atoms with Gasteiger partial charge in [-0.1, -0.05) is 18.1 Å². The van der Waals surface area contributed by atoms with E-state index in [9.17, 15) is 0 Å². The minimum atomic E-state index is 0.694. The first-order valence-corrected chi connectivity index (χ1v) is 7.73. The van der Waals surface area contributed by atoms with Crippen molar-refractivity contribution in [1.29, 1.82) is 0 Å². The number of nitrogens with one attached hydrogen (secondary N) is 1. The first-order chi connectivity index (χ1) is 8.36. The van der Waals surface area contributed by atoms with Crippen LogP contribution in [0.5, 0.6) is 0 Å². The molecule has 0 aromatic heterocycles. The molecule has 2 fully saturated rings. The Morgan fingerprint density at radius 3 is 2.82 bits per heavy atom. The zero-order valence-corrected chi connectivity index (χ0v) is 11.3. The van der Waals surface area contributed by atoms with Crippen LogP contribution in [0, 0.1) is 17.8 Å². The van der Waals surface area contributed by atoms with E-state index in [-0.39, 0.29) is 0 Å². The summed E-state index contributed by atoms with van der Waals surface area (Å²) in [5.74, 6) is 3.22. The first-order valence-electron chi connectivity index (χ1n) is 7.73. The van der Waals surface area contributed by atoms with Gasteiger partial charge in [0, 0.05) is 6.04 Å². The summed E-state index contributed by atoms with van der Waals surface area (Å²) in [6.07, 6.45) is 15.6. The molecule has 0 saturated heterocycles. The van der Waals surface area contributed by atoms with E-state index in [0.29, 0.717) is 6.04 Å². The molecule has 3 aliphatic rings. The molecule has 1 N–H and O–H groups in total.